The summed E-state index contributed by atoms with van der Waals surface area (Å²) in [7, 11) is 0. The van der Waals surface area contributed by atoms with Gasteiger partial charge in [0.1, 0.15) is 0 Å². The molecular weight excluding hydrogens is 202 g/mol. The van der Waals surface area contributed by atoms with E-state index >= 15 is 0 Å². The SMILES string of the molecule is CC(C)NC(=O)C=Cc1cc(N)ccc1N. The molecular formula is C12H17N3O. The number of anilines is 2. The van der Waals surface area contributed by atoms with Crippen LogP contribution < -0.4 is 16.8 Å². The number of nitrogens with one attached hydrogen (secondary N) is 1. The maximum Gasteiger partial charge on any atom is 0.244 e. The smallest absolute Gasteiger partial charge is 0.244 e. The first-order chi connectivity index (χ1) is 7.49. The van der Waals surface area contributed by atoms with Crippen LogP contribution in [0.1, 0.15) is 19.4 Å². The summed E-state index contributed by atoms with van der Waals surface area (Å²) in [5.74, 6) is -0.142. The third-order valence-corrected chi connectivity index (χ3v) is 1.96. The molecule has 0 unspecified atom stereocenters. The topological polar surface area (TPSA) is 81.1 Å². The number of carbonyl (C=O) groups is 1. The highest BCUT2D eigenvalue weighted by Gasteiger charge is 1.99. The van der Waals surface area contributed by atoms with Gasteiger partial charge in [0.15, 0.2) is 0 Å². The third kappa shape index (κ3) is 3.65. The molecule has 86 valence electrons. The second-order valence-corrected chi connectivity index (χ2v) is 3.88. The molecule has 0 bridgehead atoms. The monoisotopic (exact) mass is 219 g/mol. The first-order valence-corrected chi connectivity index (χ1v) is 5.12. The van der Waals surface area contributed by atoms with E-state index in [0.717, 1.165) is 5.56 Å². The first kappa shape index (κ1) is 12.1. The summed E-state index contributed by atoms with van der Waals surface area (Å²) in [6.07, 6.45) is 3.11. The van der Waals surface area contributed by atoms with E-state index in [9.17, 15) is 4.79 Å². The van der Waals surface area contributed by atoms with E-state index in [1.54, 1.807) is 24.3 Å². The van der Waals surface area contributed by atoms with Crippen molar-refractivity contribution in [2.45, 2.75) is 19.9 Å². The molecule has 16 heavy (non-hydrogen) atoms. The summed E-state index contributed by atoms with van der Waals surface area (Å²) in [5.41, 5.74) is 13.3. The van der Waals surface area contributed by atoms with E-state index in [4.69, 9.17) is 11.5 Å². The van der Waals surface area contributed by atoms with E-state index in [1.807, 2.05) is 13.8 Å². The van der Waals surface area contributed by atoms with Crippen LogP contribution in [0.25, 0.3) is 6.08 Å². The molecule has 0 spiro atoms. The maximum atomic E-state index is 11.4. The second kappa shape index (κ2) is 5.21. The zero-order valence-corrected chi connectivity index (χ0v) is 9.53. The third-order valence-electron chi connectivity index (χ3n) is 1.96. The molecule has 0 saturated heterocycles. The molecule has 0 aliphatic carbocycles. The van der Waals surface area contributed by atoms with Crippen LogP contribution in [0.3, 0.4) is 0 Å². The minimum atomic E-state index is -0.142. The molecule has 4 heteroatoms. The number of hydrogen-bond donors (Lipinski definition) is 3. The summed E-state index contributed by atoms with van der Waals surface area (Å²) >= 11 is 0. The Bertz CT molecular complexity index is 411. The number of amides is 1. The fourth-order valence-corrected chi connectivity index (χ4v) is 1.24. The molecule has 0 aliphatic rings. The van der Waals surface area contributed by atoms with E-state index in [2.05, 4.69) is 5.32 Å². The largest absolute Gasteiger partial charge is 0.399 e. The maximum absolute atomic E-state index is 11.4. The van der Waals surface area contributed by atoms with Gasteiger partial charge in [-0.3, -0.25) is 4.79 Å². The van der Waals surface area contributed by atoms with Gasteiger partial charge in [-0.05, 0) is 43.7 Å². The van der Waals surface area contributed by atoms with Crippen molar-refractivity contribution in [1.29, 1.82) is 0 Å². The predicted molar refractivity (Wildman–Crippen MR) is 67.6 cm³/mol. The minimum absolute atomic E-state index is 0.121. The van der Waals surface area contributed by atoms with Crippen molar-refractivity contribution in [3.05, 3.63) is 29.8 Å². The van der Waals surface area contributed by atoms with Crippen molar-refractivity contribution < 1.29 is 4.79 Å². The summed E-state index contributed by atoms with van der Waals surface area (Å²) in [5, 5.41) is 2.75. The zero-order chi connectivity index (χ0) is 12.1. The van der Waals surface area contributed by atoms with Gasteiger partial charge in [0, 0.05) is 23.5 Å². The highest BCUT2D eigenvalue weighted by atomic mass is 16.1. The van der Waals surface area contributed by atoms with Gasteiger partial charge in [-0.15, -0.1) is 0 Å². The lowest BCUT2D eigenvalue weighted by molar-refractivity contribution is -0.116. The summed E-state index contributed by atoms with van der Waals surface area (Å²) in [4.78, 5) is 11.4. The van der Waals surface area contributed by atoms with Crippen molar-refractivity contribution in [3.8, 4) is 0 Å². The zero-order valence-electron chi connectivity index (χ0n) is 9.53. The van der Waals surface area contributed by atoms with Crippen LogP contribution in [0.5, 0.6) is 0 Å². The number of nitrogens with two attached hydrogens (primary N) is 2. The molecule has 0 fully saturated rings. The van der Waals surface area contributed by atoms with Gasteiger partial charge >= 0.3 is 0 Å². The summed E-state index contributed by atoms with van der Waals surface area (Å²) in [6.45, 7) is 3.81. The van der Waals surface area contributed by atoms with Crippen LogP contribution >= 0.6 is 0 Å². The summed E-state index contributed by atoms with van der Waals surface area (Å²) in [6, 6.07) is 5.29. The highest BCUT2D eigenvalue weighted by Crippen LogP contribution is 2.16. The second-order valence-electron chi connectivity index (χ2n) is 3.88. The quantitative estimate of drug-likeness (QED) is 0.530. The van der Waals surface area contributed by atoms with Crippen molar-refractivity contribution in [2.24, 2.45) is 0 Å². The Labute approximate surface area is 95.3 Å². The molecule has 5 N–H and O–H groups in total. The molecule has 0 aliphatic heterocycles. The minimum Gasteiger partial charge on any atom is -0.399 e. The van der Waals surface area contributed by atoms with Crippen molar-refractivity contribution in [1.82, 2.24) is 5.32 Å². The van der Waals surface area contributed by atoms with E-state index in [0.29, 0.717) is 11.4 Å². The average molecular weight is 219 g/mol. The number of hydrogen-bond acceptors (Lipinski definition) is 3. The number of nitrogen functional groups attached to an aromatic ring is 2. The van der Waals surface area contributed by atoms with Crippen molar-refractivity contribution in [2.75, 3.05) is 11.5 Å². The van der Waals surface area contributed by atoms with Crippen LogP contribution in [0.15, 0.2) is 24.3 Å². The van der Waals surface area contributed by atoms with Gasteiger partial charge in [-0.1, -0.05) is 0 Å². The van der Waals surface area contributed by atoms with Crippen molar-refractivity contribution in [3.63, 3.8) is 0 Å². The Balaban J connectivity index is 2.76. The van der Waals surface area contributed by atoms with E-state index < -0.39 is 0 Å². The molecule has 0 heterocycles. The molecule has 1 aromatic carbocycles. The lowest BCUT2D eigenvalue weighted by Gasteiger charge is -2.05. The Morgan fingerprint density at radius 3 is 2.69 bits per heavy atom. The van der Waals surface area contributed by atoms with Crippen LogP contribution in [0.2, 0.25) is 0 Å². The molecule has 0 aromatic heterocycles. The highest BCUT2D eigenvalue weighted by molar-refractivity contribution is 5.92. The fourth-order valence-electron chi connectivity index (χ4n) is 1.24. The normalized spacial score (nSPS) is 10.9. The molecule has 0 atom stereocenters. The Morgan fingerprint density at radius 2 is 2.06 bits per heavy atom. The van der Waals surface area contributed by atoms with E-state index in [1.165, 1.54) is 6.08 Å². The lowest BCUT2D eigenvalue weighted by Crippen LogP contribution is -2.28. The number of rotatable bonds is 3. The van der Waals surface area contributed by atoms with Gasteiger partial charge in [0.2, 0.25) is 5.91 Å². The number of benzene rings is 1. The van der Waals surface area contributed by atoms with Crippen LogP contribution in [-0.4, -0.2) is 11.9 Å². The first-order valence-electron chi connectivity index (χ1n) is 5.12. The van der Waals surface area contributed by atoms with Gasteiger partial charge in [0.25, 0.3) is 0 Å². The van der Waals surface area contributed by atoms with E-state index in [-0.39, 0.29) is 11.9 Å². The Kier molecular flexibility index (Phi) is 3.94. The van der Waals surface area contributed by atoms with Crippen LogP contribution in [0.4, 0.5) is 11.4 Å². The van der Waals surface area contributed by atoms with Gasteiger partial charge < -0.3 is 16.8 Å². The lowest BCUT2D eigenvalue weighted by atomic mass is 10.1. The van der Waals surface area contributed by atoms with Gasteiger partial charge in [-0.25, -0.2) is 0 Å². The van der Waals surface area contributed by atoms with Crippen LogP contribution in [-0.2, 0) is 4.79 Å². The fraction of sp³-hybridized carbons (Fsp3) is 0.250. The summed E-state index contributed by atoms with van der Waals surface area (Å²) < 4.78 is 0. The molecule has 1 rings (SSSR count). The Morgan fingerprint density at radius 1 is 1.38 bits per heavy atom. The molecule has 0 radical (unpaired) electrons. The molecule has 1 amide bonds. The average Bonchev–Trinajstić information content (AvgIpc) is 2.18. The standard InChI is InChI=1S/C12H17N3O/c1-8(2)15-12(16)6-3-9-7-10(13)4-5-11(9)14/h3-8H,13-14H2,1-2H3,(H,15,16). The van der Waals surface area contributed by atoms with Crippen molar-refractivity contribution >= 4 is 23.4 Å². The Hall–Kier alpha value is -1.97. The molecule has 4 nitrogen and oxygen atoms in total. The molecule has 1 aromatic rings. The van der Waals surface area contributed by atoms with Gasteiger partial charge in [0.05, 0.1) is 0 Å². The van der Waals surface area contributed by atoms with Crippen LogP contribution in [0, 0.1) is 0 Å². The molecule has 0 saturated carbocycles. The number of carbonyl (C=O) groups excluding carboxylic acids is 1. The predicted octanol–water partition coefficient (Wildman–Crippen LogP) is 1.39. The van der Waals surface area contributed by atoms with Gasteiger partial charge in [-0.2, -0.15) is 0 Å².